The predicted molar refractivity (Wildman–Crippen MR) is 129 cm³/mol. The molecule has 0 radical (unpaired) electrons. The standard InChI is InChI=1S/C25H32BrN3O4/c1-4-16(2)27-23(31)17(3)29(15-18-8-7-9-19(26)14-18)22(30)12-13-28-24(32)20-10-5-6-11-21(20)25(28)33/h5-9,14,16-17,20-21H,4,10-13,15H2,1-3H3,(H,27,31)/t16-,17+,20-,21+/m1/s1. The number of nitrogens with zero attached hydrogens (tertiary/aromatic N) is 2. The van der Waals surface area contributed by atoms with Gasteiger partial charge in [-0.3, -0.25) is 24.1 Å². The average Bonchev–Trinajstić information content (AvgIpc) is 3.05. The lowest BCUT2D eigenvalue weighted by Gasteiger charge is -2.30. The number of rotatable bonds is 9. The molecule has 178 valence electrons. The Morgan fingerprint density at radius 3 is 2.36 bits per heavy atom. The van der Waals surface area contributed by atoms with Gasteiger partial charge in [0.05, 0.1) is 11.8 Å². The molecule has 33 heavy (non-hydrogen) atoms. The van der Waals surface area contributed by atoms with E-state index in [4.69, 9.17) is 0 Å². The largest absolute Gasteiger partial charge is 0.352 e. The summed E-state index contributed by atoms with van der Waals surface area (Å²) in [6.07, 6.45) is 5.80. The molecule has 0 spiro atoms. The van der Waals surface area contributed by atoms with Crippen LogP contribution in [-0.4, -0.2) is 52.1 Å². The van der Waals surface area contributed by atoms with Gasteiger partial charge in [0.2, 0.25) is 23.6 Å². The Morgan fingerprint density at radius 1 is 1.15 bits per heavy atom. The molecule has 4 amide bonds. The van der Waals surface area contributed by atoms with Crippen molar-refractivity contribution in [2.45, 2.75) is 65.1 Å². The SMILES string of the molecule is CC[C@@H](C)NC(=O)[C@H](C)N(Cc1cccc(Br)c1)C(=O)CCN1C(=O)[C@H]2CC=CC[C@H]2C1=O. The van der Waals surface area contributed by atoms with Crippen LogP contribution in [0.4, 0.5) is 0 Å². The van der Waals surface area contributed by atoms with Crippen molar-refractivity contribution in [2.24, 2.45) is 11.8 Å². The van der Waals surface area contributed by atoms with Crippen LogP contribution in [0.3, 0.4) is 0 Å². The van der Waals surface area contributed by atoms with Crippen LogP contribution < -0.4 is 5.32 Å². The van der Waals surface area contributed by atoms with Crippen molar-refractivity contribution >= 4 is 39.6 Å². The van der Waals surface area contributed by atoms with E-state index in [0.717, 1.165) is 16.5 Å². The molecule has 3 rings (SSSR count). The van der Waals surface area contributed by atoms with E-state index in [1.165, 1.54) is 9.80 Å². The summed E-state index contributed by atoms with van der Waals surface area (Å²) in [6.45, 7) is 5.91. The van der Waals surface area contributed by atoms with Gasteiger partial charge in [-0.1, -0.05) is 47.1 Å². The number of imide groups is 1. The normalized spacial score (nSPS) is 21.5. The Morgan fingerprint density at radius 2 is 1.79 bits per heavy atom. The summed E-state index contributed by atoms with van der Waals surface area (Å²) in [7, 11) is 0. The van der Waals surface area contributed by atoms with Gasteiger partial charge in [-0.25, -0.2) is 0 Å². The fourth-order valence-electron chi connectivity index (χ4n) is 4.32. The molecule has 1 fully saturated rings. The van der Waals surface area contributed by atoms with E-state index in [9.17, 15) is 19.2 Å². The highest BCUT2D eigenvalue weighted by Crippen LogP contribution is 2.35. The van der Waals surface area contributed by atoms with Gasteiger partial charge < -0.3 is 10.2 Å². The lowest BCUT2D eigenvalue weighted by molar-refractivity contribution is -0.143. The molecule has 1 aliphatic heterocycles. The molecule has 1 heterocycles. The van der Waals surface area contributed by atoms with E-state index in [1.54, 1.807) is 6.92 Å². The number of likely N-dealkylation sites (tertiary alicyclic amines) is 1. The summed E-state index contributed by atoms with van der Waals surface area (Å²) in [6, 6.07) is 6.89. The number of benzene rings is 1. The highest BCUT2D eigenvalue weighted by atomic mass is 79.9. The molecule has 2 aliphatic rings. The highest BCUT2D eigenvalue weighted by molar-refractivity contribution is 9.10. The molecule has 1 aromatic carbocycles. The number of nitrogens with one attached hydrogen (secondary N) is 1. The van der Waals surface area contributed by atoms with Crippen LogP contribution in [0, 0.1) is 11.8 Å². The van der Waals surface area contributed by atoms with Crippen molar-refractivity contribution in [1.82, 2.24) is 15.1 Å². The molecular weight excluding hydrogens is 486 g/mol. The summed E-state index contributed by atoms with van der Waals surface area (Å²) in [5.74, 6) is -1.49. The number of hydrogen-bond donors (Lipinski definition) is 1. The van der Waals surface area contributed by atoms with Crippen LogP contribution in [0.25, 0.3) is 0 Å². The summed E-state index contributed by atoms with van der Waals surface area (Å²) in [5.41, 5.74) is 0.881. The fraction of sp³-hybridized carbons (Fsp3) is 0.520. The molecule has 1 saturated heterocycles. The molecule has 7 nitrogen and oxygen atoms in total. The summed E-state index contributed by atoms with van der Waals surface area (Å²) < 4.78 is 0.883. The van der Waals surface area contributed by atoms with Crippen molar-refractivity contribution in [2.75, 3.05) is 6.54 Å². The van der Waals surface area contributed by atoms with Gasteiger partial charge >= 0.3 is 0 Å². The first-order valence-corrected chi connectivity index (χ1v) is 12.4. The maximum Gasteiger partial charge on any atom is 0.242 e. The highest BCUT2D eigenvalue weighted by Gasteiger charge is 2.47. The number of allylic oxidation sites excluding steroid dienone is 2. The van der Waals surface area contributed by atoms with Crippen LogP contribution in [-0.2, 0) is 25.7 Å². The zero-order chi connectivity index (χ0) is 24.1. The van der Waals surface area contributed by atoms with Crippen LogP contribution in [0.1, 0.15) is 52.0 Å². The maximum absolute atomic E-state index is 13.3. The molecule has 1 aromatic rings. The number of halogens is 1. The zero-order valence-electron chi connectivity index (χ0n) is 19.4. The third-order valence-electron chi connectivity index (χ3n) is 6.56. The number of carbonyl (C=O) groups excluding carboxylic acids is 4. The van der Waals surface area contributed by atoms with E-state index >= 15 is 0 Å². The summed E-state index contributed by atoms with van der Waals surface area (Å²) >= 11 is 3.45. The van der Waals surface area contributed by atoms with E-state index in [1.807, 2.05) is 50.3 Å². The lowest BCUT2D eigenvalue weighted by Crippen LogP contribution is -2.50. The third kappa shape index (κ3) is 5.91. The van der Waals surface area contributed by atoms with Crippen LogP contribution in [0.2, 0.25) is 0 Å². The first-order valence-electron chi connectivity index (χ1n) is 11.6. The smallest absolute Gasteiger partial charge is 0.242 e. The van der Waals surface area contributed by atoms with Crippen LogP contribution >= 0.6 is 15.9 Å². The molecule has 8 heteroatoms. The topological polar surface area (TPSA) is 86.8 Å². The van der Waals surface area contributed by atoms with Crippen molar-refractivity contribution in [3.63, 3.8) is 0 Å². The van der Waals surface area contributed by atoms with Crippen molar-refractivity contribution in [3.8, 4) is 0 Å². The molecule has 0 saturated carbocycles. The zero-order valence-corrected chi connectivity index (χ0v) is 21.0. The average molecular weight is 518 g/mol. The van der Waals surface area contributed by atoms with Gasteiger partial charge in [-0.15, -0.1) is 0 Å². The van der Waals surface area contributed by atoms with Gasteiger partial charge in [-0.2, -0.15) is 0 Å². The van der Waals surface area contributed by atoms with Crippen molar-refractivity contribution in [3.05, 3.63) is 46.5 Å². The lowest BCUT2D eigenvalue weighted by atomic mass is 9.85. The number of carbonyl (C=O) groups is 4. The Labute approximate surface area is 203 Å². The van der Waals surface area contributed by atoms with Gasteiger partial charge in [0, 0.05) is 30.0 Å². The molecule has 4 atom stereocenters. The molecule has 0 unspecified atom stereocenters. The minimum Gasteiger partial charge on any atom is -0.352 e. The monoisotopic (exact) mass is 517 g/mol. The van der Waals surface area contributed by atoms with Crippen LogP contribution in [0.5, 0.6) is 0 Å². The fourth-order valence-corrected chi connectivity index (χ4v) is 4.77. The third-order valence-corrected chi connectivity index (χ3v) is 7.05. The Hall–Kier alpha value is -2.48. The molecular formula is C25H32BrN3O4. The van der Waals surface area contributed by atoms with Gasteiger partial charge in [0.25, 0.3) is 0 Å². The summed E-state index contributed by atoms with van der Waals surface area (Å²) in [5, 5.41) is 2.94. The minimum absolute atomic E-state index is 0.000399. The number of amides is 4. The van der Waals surface area contributed by atoms with Gasteiger partial charge in [0.15, 0.2) is 0 Å². The second kappa shape index (κ2) is 11.1. The second-order valence-electron chi connectivity index (χ2n) is 8.88. The minimum atomic E-state index is -0.692. The van der Waals surface area contributed by atoms with Gasteiger partial charge in [-0.05, 0) is 50.8 Å². The summed E-state index contributed by atoms with van der Waals surface area (Å²) in [4.78, 5) is 54.3. The van der Waals surface area contributed by atoms with Crippen LogP contribution in [0.15, 0.2) is 40.9 Å². The number of fused-ring (bicyclic) bond motifs is 1. The number of hydrogen-bond acceptors (Lipinski definition) is 4. The Kier molecular flexibility index (Phi) is 8.46. The Bertz CT molecular complexity index is 921. The molecule has 0 bridgehead atoms. The predicted octanol–water partition coefficient (Wildman–Crippen LogP) is 3.42. The van der Waals surface area contributed by atoms with E-state index < -0.39 is 6.04 Å². The van der Waals surface area contributed by atoms with E-state index in [-0.39, 0.29) is 61.0 Å². The molecule has 0 aromatic heterocycles. The second-order valence-corrected chi connectivity index (χ2v) is 9.80. The first-order chi connectivity index (χ1) is 15.7. The van der Waals surface area contributed by atoms with Gasteiger partial charge in [0.1, 0.15) is 6.04 Å². The molecule has 1 N–H and O–H groups in total. The van der Waals surface area contributed by atoms with Crippen molar-refractivity contribution in [1.29, 1.82) is 0 Å². The maximum atomic E-state index is 13.3. The van der Waals surface area contributed by atoms with E-state index in [2.05, 4.69) is 21.2 Å². The quantitative estimate of drug-likeness (QED) is 0.401. The Balaban J connectivity index is 1.72. The van der Waals surface area contributed by atoms with E-state index in [0.29, 0.717) is 12.8 Å². The first kappa shape index (κ1) is 25.1. The van der Waals surface area contributed by atoms with Crippen molar-refractivity contribution < 1.29 is 19.2 Å². The molecule has 1 aliphatic carbocycles.